The zero-order valence-corrected chi connectivity index (χ0v) is 12.1. The summed E-state index contributed by atoms with van der Waals surface area (Å²) < 4.78 is 0.914. The minimum absolute atomic E-state index is 0.662. The van der Waals surface area contributed by atoms with Gasteiger partial charge in [-0.15, -0.1) is 0 Å². The Balaban J connectivity index is 2.19. The largest absolute Gasteiger partial charge is 0.397 e. The van der Waals surface area contributed by atoms with Gasteiger partial charge in [-0.1, -0.05) is 29.8 Å². The van der Waals surface area contributed by atoms with Crippen LogP contribution in [0.4, 0.5) is 11.5 Å². The number of rotatable bonds is 3. The number of anilines is 2. The molecule has 0 saturated heterocycles. The van der Waals surface area contributed by atoms with Gasteiger partial charge in [0.25, 0.3) is 0 Å². The Bertz CT molecular complexity index is 554. The molecule has 0 bridgehead atoms. The summed E-state index contributed by atoms with van der Waals surface area (Å²) in [6, 6.07) is 10.3. The van der Waals surface area contributed by atoms with Gasteiger partial charge in [-0.05, 0) is 34.5 Å². The van der Waals surface area contributed by atoms with Crippen molar-refractivity contribution >= 4 is 27.4 Å². The summed E-state index contributed by atoms with van der Waals surface area (Å²) in [6.07, 6.45) is 1.67. The molecule has 94 valence electrons. The zero-order valence-electron chi connectivity index (χ0n) is 10.5. The highest BCUT2D eigenvalue weighted by atomic mass is 79.9. The molecule has 0 saturated carbocycles. The van der Waals surface area contributed by atoms with E-state index in [-0.39, 0.29) is 0 Å². The van der Waals surface area contributed by atoms with Crippen LogP contribution < -0.4 is 10.6 Å². The third-order valence-electron chi connectivity index (χ3n) is 2.71. The van der Waals surface area contributed by atoms with Gasteiger partial charge in [0, 0.05) is 13.6 Å². The summed E-state index contributed by atoms with van der Waals surface area (Å²) in [4.78, 5) is 6.45. The minimum Gasteiger partial charge on any atom is -0.397 e. The first-order valence-electron chi connectivity index (χ1n) is 5.74. The molecule has 1 aromatic carbocycles. The second kappa shape index (κ2) is 5.40. The van der Waals surface area contributed by atoms with Crippen molar-refractivity contribution in [3.05, 3.63) is 52.1 Å². The molecule has 0 aliphatic carbocycles. The van der Waals surface area contributed by atoms with E-state index < -0.39 is 0 Å². The second-order valence-corrected chi connectivity index (χ2v) is 5.27. The molecule has 2 N–H and O–H groups in total. The number of aryl methyl sites for hydroxylation is 1. The average molecular weight is 306 g/mol. The molecule has 2 rings (SSSR count). The van der Waals surface area contributed by atoms with Crippen molar-refractivity contribution in [3.63, 3.8) is 0 Å². The lowest BCUT2D eigenvalue weighted by atomic mass is 10.1. The van der Waals surface area contributed by atoms with Crippen molar-refractivity contribution in [3.8, 4) is 0 Å². The maximum absolute atomic E-state index is 5.69. The number of benzene rings is 1. The fraction of sp³-hybridized carbons (Fsp3) is 0.214. The van der Waals surface area contributed by atoms with Crippen LogP contribution in [0.25, 0.3) is 0 Å². The molecule has 0 aliphatic rings. The van der Waals surface area contributed by atoms with E-state index in [4.69, 9.17) is 5.73 Å². The molecule has 0 spiro atoms. The Morgan fingerprint density at radius 1 is 1.33 bits per heavy atom. The van der Waals surface area contributed by atoms with Crippen molar-refractivity contribution < 1.29 is 0 Å². The zero-order chi connectivity index (χ0) is 13.1. The maximum atomic E-state index is 5.69. The molecular weight excluding hydrogens is 290 g/mol. The summed E-state index contributed by atoms with van der Waals surface area (Å²) >= 11 is 3.49. The SMILES string of the molecule is Cc1cccc(CN(C)c2ncc(N)cc2Br)c1. The maximum Gasteiger partial charge on any atom is 0.143 e. The van der Waals surface area contributed by atoms with E-state index in [2.05, 4.69) is 57.0 Å². The van der Waals surface area contributed by atoms with Crippen LogP contribution >= 0.6 is 15.9 Å². The number of hydrogen-bond donors (Lipinski definition) is 1. The third-order valence-corrected chi connectivity index (χ3v) is 3.29. The average Bonchev–Trinajstić information content (AvgIpc) is 2.28. The molecule has 1 heterocycles. The van der Waals surface area contributed by atoms with E-state index in [1.807, 2.05) is 13.1 Å². The van der Waals surface area contributed by atoms with Crippen molar-refractivity contribution in [2.24, 2.45) is 0 Å². The summed E-state index contributed by atoms with van der Waals surface area (Å²) in [6.45, 7) is 2.91. The topological polar surface area (TPSA) is 42.2 Å². The first-order chi connectivity index (χ1) is 8.56. The van der Waals surface area contributed by atoms with Gasteiger partial charge in [0.05, 0.1) is 16.4 Å². The van der Waals surface area contributed by atoms with Gasteiger partial charge in [-0.25, -0.2) is 4.98 Å². The third kappa shape index (κ3) is 3.01. The van der Waals surface area contributed by atoms with Gasteiger partial charge >= 0.3 is 0 Å². The van der Waals surface area contributed by atoms with Crippen molar-refractivity contribution in [2.75, 3.05) is 17.7 Å². The van der Waals surface area contributed by atoms with Crippen molar-refractivity contribution in [2.45, 2.75) is 13.5 Å². The van der Waals surface area contributed by atoms with Gasteiger partial charge in [0.2, 0.25) is 0 Å². The lowest BCUT2D eigenvalue weighted by Gasteiger charge is -2.20. The molecule has 18 heavy (non-hydrogen) atoms. The standard InChI is InChI=1S/C14H16BrN3/c1-10-4-3-5-11(6-10)9-18(2)14-13(15)7-12(16)8-17-14/h3-8H,9,16H2,1-2H3. The molecule has 1 aromatic heterocycles. The molecule has 0 fully saturated rings. The number of nitrogens with two attached hydrogens (primary N) is 1. The molecular formula is C14H16BrN3. The van der Waals surface area contributed by atoms with Crippen LogP contribution in [0.2, 0.25) is 0 Å². The minimum atomic E-state index is 0.662. The summed E-state index contributed by atoms with van der Waals surface area (Å²) in [5, 5.41) is 0. The van der Waals surface area contributed by atoms with Crippen LogP contribution in [0.5, 0.6) is 0 Å². The molecule has 0 radical (unpaired) electrons. The van der Waals surface area contributed by atoms with Crippen LogP contribution in [0.1, 0.15) is 11.1 Å². The number of hydrogen-bond acceptors (Lipinski definition) is 3. The van der Waals surface area contributed by atoms with Crippen LogP contribution in [0, 0.1) is 6.92 Å². The molecule has 2 aromatic rings. The highest BCUT2D eigenvalue weighted by molar-refractivity contribution is 9.10. The first-order valence-corrected chi connectivity index (χ1v) is 6.53. The van der Waals surface area contributed by atoms with Crippen molar-refractivity contribution in [1.82, 2.24) is 4.98 Å². The Morgan fingerprint density at radius 2 is 2.11 bits per heavy atom. The number of halogens is 1. The second-order valence-electron chi connectivity index (χ2n) is 4.42. The normalized spacial score (nSPS) is 10.4. The first kappa shape index (κ1) is 12.9. The van der Waals surface area contributed by atoms with E-state index in [0.717, 1.165) is 16.8 Å². The Hall–Kier alpha value is -1.55. The van der Waals surface area contributed by atoms with Gasteiger partial charge in [-0.3, -0.25) is 0 Å². The highest BCUT2D eigenvalue weighted by Gasteiger charge is 2.08. The number of nitrogens with zero attached hydrogens (tertiary/aromatic N) is 2. The van der Waals surface area contributed by atoms with E-state index in [1.165, 1.54) is 11.1 Å². The van der Waals surface area contributed by atoms with Gasteiger partial charge in [0.1, 0.15) is 5.82 Å². The van der Waals surface area contributed by atoms with Crippen molar-refractivity contribution in [1.29, 1.82) is 0 Å². The highest BCUT2D eigenvalue weighted by Crippen LogP contribution is 2.25. The molecule has 0 unspecified atom stereocenters. The molecule has 4 heteroatoms. The lowest BCUT2D eigenvalue weighted by Crippen LogP contribution is -2.18. The van der Waals surface area contributed by atoms with Gasteiger partial charge in [0.15, 0.2) is 0 Å². The van der Waals surface area contributed by atoms with Crippen LogP contribution in [0.15, 0.2) is 41.0 Å². The molecule has 0 atom stereocenters. The van der Waals surface area contributed by atoms with E-state index >= 15 is 0 Å². The summed E-state index contributed by atoms with van der Waals surface area (Å²) in [5.41, 5.74) is 8.89. The van der Waals surface area contributed by atoms with Crippen LogP contribution in [-0.4, -0.2) is 12.0 Å². The summed E-state index contributed by atoms with van der Waals surface area (Å²) in [5.74, 6) is 0.894. The van der Waals surface area contributed by atoms with E-state index in [0.29, 0.717) is 5.69 Å². The Morgan fingerprint density at radius 3 is 2.78 bits per heavy atom. The molecule has 0 amide bonds. The fourth-order valence-corrected chi connectivity index (χ4v) is 2.56. The summed E-state index contributed by atoms with van der Waals surface area (Å²) in [7, 11) is 2.02. The fourth-order valence-electron chi connectivity index (χ4n) is 1.89. The smallest absolute Gasteiger partial charge is 0.143 e. The number of aromatic nitrogens is 1. The van der Waals surface area contributed by atoms with Gasteiger partial charge in [-0.2, -0.15) is 0 Å². The lowest BCUT2D eigenvalue weighted by molar-refractivity contribution is 0.893. The van der Waals surface area contributed by atoms with Crippen LogP contribution in [0.3, 0.4) is 0 Å². The van der Waals surface area contributed by atoms with Gasteiger partial charge < -0.3 is 10.6 Å². The number of pyridine rings is 1. The number of nitrogen functional groups attached to an aromatic ring is 1. The monoisotopic (exact) mass is 305 g/mol. The quantitative estimate of drug-likeness (QED) is 0.945. The predicted molar refractivity (Wildman–Crippen MR) is 79.6 cm³/mol. The molecule has 3 nitrogen and oxygen atoms in total. The Kier molecular flexibility index (Phi) is 3.87. The van der Waals surface area contributed by atoms with E-state index in [9.17, 15) is 0 Å². The Labute approximate surface area is 116 Å². The predicted octanol–water partition coefficient (Wildman–Crippen LogP) is 3.37. The molecule has 0 aliphatic heterocycles. The van der Waals surface area contributed by atoms with E-state index in [1.54, 1.807) is 6.20 Å². The van der Waals surface area contributed by atoms with Crippen LogP contribution in [-0.2, 0) is 6.54 Å².